The van der Waals surface area contributed by atoms with Crippen molar-refractivity contribution >= 4 is 21.8 Å². The molecular formula is C15H21N3O5S. The number of rotatable bonds is 4. The zero-order valence-corrected chi connectivity index (χ0v) is 14.1. The minimum Gasteiger partial charge on any atom is -0.477 e. The van der Waals surface area contributed by atoms with E-state index in [4.69, 9.17) is 9.84 Å². The molecule has 8 nitrogen and oxygen atoms in total. The molecule has 2 aliphatic heterocycles. The number of morpholine rings is 1. The summed E-state index contributed by atoms with van der Waals surface area (Å²) in [5.74, 6) is -0.580. The average molecular weight is 355 g/mol. The fraction of sp³-hybridized carbons (Fsp3) is 0.600. The molecule has 9 heteroatoms. The molecule has 0 bridgehead atoms. The van der Waals surface area contributed by atoms with Crippen molar-refractivity contribution in [2.45, 2.75) is 18.1 Å². The Morgan fingerprint density at radius 3 is 2.71 bits per heavy atom. The van der Waals surface area contributed by atoms with E-state index in [1.807, 2.05) is 4.90 Å². The lowest BCUT2D eigenvalue weighted by Crippen LogP contribution is -2.51. The summed E-state index contributed by atoms with van der Waals surface area (Å²) >= 11 is 0. The molecule has 1 aromatic rings. The number of aromatic carboxylic acids is 1. The van der Waals surface area contributed by atoms with E-state index in [9.17, 15) is 13.2 Å². The second kappa shape index (κ2) is 7.04. The molecule has 24 heavy (non-hydrogen) atoms. The Hall–Kier alpha value is -1.71. The van der Waals surface area contributed by atoms with Gasteiger partial charge in [-0.25, -0.2) is 18.2 Å². The van der Waals surface area contributed by atoms with E-state index < -0.39 is 21.2 Å². The van der Waals surface area contributed by atoms with Crippen LogP contribution in [-0.4, -0.2) is 73.4 Å². The Labute approximate surface area is 141 Å². The molecule has 2 saturated heterocycles. The van der Waals surface area contributed by atoms with Crippen LogP contribution in [0.4, 0.5) is 5.82 Å². The highest BCUT2D eigenvalue weighted by Gasteiger charge is 2.36. The number of hydrogen-bond donors (Lipinski definition) is 1. The Morgan fingerprint density at radius 2 is 2.00 bits per heavy atom. The third-order valence-electron chi connectivity index (χ3n) is 4.41. The maximum absolute atomic E-state index is 12.8. The number of carboxylic acid groups (broad SMARTS) is 1. The largest absolute Gasteiger partial charge is 0.477 e. The number of nitrogens with zero attached hydrogens (tertiary/aromatic N) is 3. The molecule has 2 aliphatic rings. The summed E-state index contributed by atoms with van der Waals surface area (Å²) < 4.78 is 32.4. The first-order valence-corrected chi connectivity index (χ1v) is 9.51. The number of aromatic nitrogens is 1. The van der Waals surface area contributed by atoms with Crippen molar-refractivity contribution in [1.29, 1.82) is 0 Å². The van der Waals surface area contributed by atoms with Crippen LogP contribution >= 0.6 is 0 Å². The third-order valence-corrected chi connectivity index (χ3v) is 6.72. The van der Waals surface area contributed by atoms with Crippen LogP contribution in [0.5, 0.6) is 0 Å². The van der Waals surface area contributed by atoms with Crippen molar-refractivity contribution in [3.05, 3.63) is 23.9 Å². The van der Waals surface area contributed by atoms with E-state index in [0.29, 0.717) is 51.6 Å². The molecule has 1 N–H and O–H groups in total. The molecule has 3 heterocycles. The summed E-state index contributed by atoms with van der Waals surface area (Å²) in [5.41, 5.74) is -0.0364. The van der Waals surface area contributed by atoms with Crippen molar-refractivity contribution in [2.75, 3.05) is 44.3 Å². The van der Waals surface area contributed by atoms with E-state index >= 15 is 0 Å². The summed E-state index contributed by atoms with van der Waals surface area (Å²) in [5, 5.41) is 8.56. The quantitative estimate of drug-likeness (QED) is 0.835. The van der Waals surface area contributed by atoms with Crippen LogP contribution < -0.4 is 4.90 Å². The van der Waals surface area contributed by atoms with Gasteiger partial charge in [-0.3, -0.25) is 0 Å². The molecule has 0 saturated carbocycles. The predicted octanol–water partition coefficient (Wildman–Crippen LogP) is 0.411. The number of carboxylic acids is 1. The molecule has 0 amide bonds. The lowest BCUT2D eigenvalue weighted by atomic mass is 10.1. The highest BCUT2D eigenvalue weighted by molar-refractivity contribution is 7.89. The summed E-state index contributed by atoms with van der Waals surface area (Å²) in [7, 11) is -3.38. The van der Waals surface area contributed by atoms with E-state index in [2.05, 4.69) is 4.98 Å². The first kappa shape index (κ1) is 17.1. The normalized spacial score (nSPS) is 23.2. The molecule has 0 radical (unpaired) electrons. The predicted molar refractivity (Wildman–Crippen MR) is 87.7 cm³/mol. The first-order chi connectivity index (χ1) is 11.5. The van der Waals surface area contributed by atoms with Gasteiger partial charge >= 0.3 is 5.97 Å². The van der Waals surface area contributed by atoms with Gasteiger partial charge in [-0.15, -0.1) is 0 Å². The van der Waals surface area contributed by atoms with E-state index in [1.54, 1.807) is 12.1 Å². The fourth-order valence-electron chi connectivity index (χ4n) is 3.12. The van der Waals surface area contributed by atoms with Crippen LogP contribution in [0.25, 0.3) is 0 Å². The minimum atomic E-state index is -3.38. The number of hydrogen-bond acceptors (Lipinski definition) is 6. The lowest BCUT2D eigenvalue weighted by molar-refractivity contribution is 0.0690. The average Bonchev–Trinajstić information content (AvgIpc) is 2.62. The number of pyridine rings is 1. The van der Waals surface area contributed by atoms with Crippen LogP contribution in [0.2, 0.25) is 0 Å². The van der Waals surface area contributed by atoms with Crippen LogP contribution in [0.3, 0.4) is 0 Å². The summed E-state index contributed by atoms with van der Waals surface area (Å²) in [4.78, 5) is 17.1. The van der Waals surface area contributed by atoms with Gasteiger partial charge in [0.25, 0.3) is 0 Å². The van der Waals surface area contributed by atoms with Crippen molar-refractivity contribution in [3.8, 4) is 0 Å². The van der Waals surface area contributed by atoms with Crippen LogP contribution in [0.15, 0.2) is 18.2 Å². The zero-order chi connectivity index (χ0) is 17.2. The Bertz CT molecular complexity index is 703. The van der Waals surface area contributed by atoms with Crippen molar-refractivity contribution in [3.63, 3.8) is 0 Å². The van der Waals surface area contributed by atoms with Gasteiger partial charge < -0.3 is 14.7 Å². The maximum atomic E-state index is 12.8. The number of ether oxygens (including phenoxy) is 1. The smallest absolute Gasteiger partial charge is 0.354 e. The van der Waals surface area contributed by atoms with E-state index in [1.165, 1.54) is 10.4 Å². The molecule has 0 aromatic carbocycles. The van der Waals surface area contributed by atoms with Gasteiger partial charge in [-0.1, -0.05) is 6.07 Å². The topological polar surface area (TPSA) is 100 Å². The van der Waals surface area contributed by atoms with Gasteiger partial charge in [0.1, 0.15) is 5.82 Å². The summed E-state index contributed by atoms with van der Waals surface area (Å²) in [6, 6.07) is 4.78. The van der Waals surface area contributed by atoms with E-state index in [-0.39, 0.29) is 5.69 Å². The van der Waals surface area contributed by atoms with Gasteiger partial charge in [-0.05, 0) is 25.0 Å². The van der Waals surface area contributed by atoms with Gasteiger partial charge in [0, 0.05) is 26.2 Å². The molecule has 2 fully saturated rings. The highest BCUT2D eigenvalue weighted by atomic mass is 32.2. The number of piperidine rings is 1. The zero-order valence-electron chi connectivity index (χ0n) is 13.3. The SMILES string of the molecule is O=C(O)c1cccc(N2CCCC(S(=O)(=O)N3CCOCC3)C2)n1. The van der Waals surface area contributed by atoms with Gasteiger partial charge in [0.2, 0.25) is 10.0 Å². The number of anilines is 1. The van der Waals surface area contributed by atoms with Crippen LogP contribution in [0, 0.1) is 0 Å². The van der Waals surface area contributed by atoms with Crippen molar-refractivity contribution in [1.82, 2.24) is 9.29 Å². The monoisotopic (exact) mass is 355 g/mol. The number of sulfonamides is 1. The molecule has 1 unspecified atom stereocenters. The first-order valence-electron chi connectivity index (χ1n) is 8.00. The van der Waals surface area contributed by atoms with E-state index in [0.717, 1.165) is 6.42 Å². The highest BCUT2D eigenvalue weighted by Crippen LogP contribution is 2.24. The van der Waals surface area contributed by atoms with Gasteiger partial charge in [0.15, 0.2) is 5.69 Å². The van der Waals surface area contributed by atoms with Gasteiger partial charge in [-0.2, -0.15) is 4.31 Å². The number of carbonyl (C=O) groups is 1. The van der Waals surface area contributed by atoms with Crippen LogP contribution in [-0.2, 0) is 14.8 Å². The third kappa shape index (κ3) is 3.52. The second-order valence-corrected chi connectivity index (χ2v) is 8.17. The molecule has 3 rings (SSSR count). The summed E-state index contributed by atoms with van der Waals surface area (Å²) in [6.07, 6.45) is 1.34. The minimum absolute atomic E-state index is 0.0364. The Kier molecular flexibility index (Phi) is 5.02. The standard InChI is InChI=1S/C15H21N3O5S/c19-15(20)13-4-1-5-14(16-13)17-6-2-3-12(11-17)24(21,22)18-7-9-23-10-8-18/h1,4-5,12H,2-3,6-11H2,(H,19,20). The van der Waals surface area contributed by atoms with Crippen LogP contribution in [0.1, 0.15) is 23.3 Å². The van der Waals surface area contributed by atoms with Gasteiger partial charge in [0.05, 0.1) is 18.5 Å². The lowest BCUT2D eigenvalue weighted by Gasteiger charge is -2.36. The van der Waals surface area contributed by atoms with Crippen molar-refractivity contribution in [2.24, 2.45) is 0 Å². The molecule has 132 valence electrons. The fourth-order valence-corrected chi connectivity index (χ4v) is 5.03. The molecule has 0 spiro atoms. The maximum Gasteiger partial charge on any atom is 0.354 e. The molecule has 1 atom stereocenters. The summed E-state index contributed by atoms with van der Waals surface area (Å²) in [6.45, 7) is 2.65. The molecular weight excluding hydrogens is 334 g/mol. The Balaban J connectivity index is 1.76. The Morgan fingerprint density at radius 1 is 1.25 bits per heavy atom. The van der Waals surface area contributed by atoms with Crippen molar-refractivity contribution < 1.29 is 23.1 Å². The molecule has 1 aromatic heterocycles. The molecule has 0 aliphatic carbocycles. The second-order valence-electron chi connectivity index (χ2n) is 5.95.